The summed E-state index contributed by atoms with van der Waals surface area (Å²) in [5.41, 5.74) is 2.33. The van der Waals surface area contributed by atoms with Crippen LogP contribution >= 0.6 is 22.7 Å². The van der Waals surface area contributed by atoms with E-state index in [1.165, 1.54) is 15.3 Å². The number of anilines is 1. The van der Waals surface area contributed by atoms with Crippen LogP contribution in [0.1, 0.15) is 15.3 Å². The Bertz CT molecular complexity index is 887. The summed E-state index contributed by atoms with van der Waals surface area (Å²) < 4.78 is 5.27. The molecular formula is C21H22N2O2S2. The molecular weight excluding hydrogens is 376 g/mol. The van der Waals surface area contributed by atoms with Gasteiger partial charge < -0.3 is 14.5 Å². The number of hydrogen-bond donors (Lipinski definition) is 0. The van der Waals surface area contributed by atoms with Crippen molar-refractivity contribution in [1.82, 2.24) is 4.90 Å². The Hall–Kier alpha value is -2.31. The van der Waals surface area contributed by atoms with Crippen molar-refractivity contribution in [2.75, 3.05) is 25.1 Å². The predicted molar refractivity (Wildman–Crippen MR) is 112 cm³/mol. The fraction of sp³-hybridized carbons (Fsp3) is 0.286. The summed E-state index contributed by atoms with van der Waals surface area (Å²) in [6, 6.07) is 14.2. The summed E-state index contributed by atoms with van der Waals surface area (Å²) >= 11 is 3.52. The van der Waals surface area contributed by atoms with Crippen LogP contribution in [0.4, 0.5) is 5.69 Å². The first-order chi connectivity index (χ1) is 13.2. The van der Waals surface area contributed by atoms with E-state index in [-0.39, 0.29) is 5.91 Å². The number of benzene rings is 1. The van der Waals surface area contributed by atoms with Crippen LogP contribution in [0.5, 0.6) is 5.75 Å². The lowest BCUT2D eigenvalue weighted by molar-refractivity contribution is -0.130. The highest BCUT2D eigenvalue weighted by Gasteiger charge is 2.23. The molecule has 1 aliphatic rings. The third kappa shape index (κ3) is 4.17. The summed E-state index contributed by atoms with van der Waals surface area (Å²) in [7, 11) is 1.66. The maximum Gasteiger partial charge on any atom is 0.242 e. The van der Waals surface area contributed by atoms with E-state index < -0.39 is 0 Å². The van der Waals surface area contributed by atoms with Crippen LogP contribution in [0, 0.1) is 0 Å². The van der Waals surface area contributed by atoms with Crippen LogP contribution in [0.25, 0.3) is 0 Å². The molecule has 1 aromatic carbocycles. The lowest BCUT2D eigenvalue weighted by Crippen LogP contribution is -2.42. The fourth-order valence-corrected chi connectivity index (χ4v) is 4.96. The van der Waals surface area contributed by atoms with Gasteiger partial charge in [-0.3, -0.25) is 4.79 Å². The van der Waals surface area contributed by atoms with Gasteiger partial charge >= 0.3 is 0 Å². The Kier molecular flexibility index (Phi) is 5.45. The van der Waals surface area contributed by atoms with Gasteiger partial charge in [-0.25, -0.2) is 0 Å². The molecule has 3 aromatic rings. The average Bonchev–Trinajstić information content (AvgIpc) is 3.38. The molecule has 0 bridgehead atoms. The Balaban J connectivity index is 1.50. The van der Waals surface area contributed by atoms with Crippen molar-refractivity contribution in [3.05, 3.63) is 68.5 Å². The summed E-state index contributed by atoms with van der Waals surface area (Å²) in [6.45, 7) is 2.64. The smallest absolute Gasteiger partial charge is 0.242 e. The van der Waals surface area contributed by atoms with E-state index in [1.807, 2.05) is 29.2 Å². The number of carbonyl (C=O) groups excluding carboxylic acids is 1. The lowest BCUT2D eigenvalue weighted by Gasteiger charge is -2.31. The number of rotatable bonds is 6. The Morgan fingerprint density at radius 2 is 2.00 bits per heavy atom. The molecule has 1 aliphatic heterocycles. The van der Waals surface area contributed by atoms with Crippen LogP contribution in [0.15, 0.2) is 53.2 Å². The van der Waals surface area contributed by atoms with Gasteiger partial charge in [0.2, 0.25) is 5.91 Å². The zero-order valence-corrected chi connectivity index (χ0v) is 16.9. The van der Waals surface area contributed by atoms with Crippen molar-refractivity contribution in [2.24, 2.45) is 0 Å². The fourth-order valence-electron chi connectivity index (χ4n) is 3.35. The molecule has 0 radical (unpaired) electrons. The molecule has 0 fully saturated rings. The van der Waals surface area contributed by atoms with Gasteiger partial charge in [-0.1, -0.05) is 6.07 Å². The minimum Gasteiger partial charge on any atom is -0.497 e. The molecule has 2 aromatic heterocycles. The SMILES string of the molecule is COc1ccc(N(CC(=O)N2CCc3sccc3C2)Cc2cccs2)cc1. The number of ether oxygens (including phenoxy) is 1. The van der Waals surface area contributed by atoms with Gasteiger partial charge in [0.25, 0.3) is 0 Å². The molecule has 4 nitrogen and oxygen atoms in total. The van der Waals surface area contributed by atoms with E-state index in [4.69, 9.17) is 4.74 Å². The van der Waals surface area contributed by atoms with E-state index >= 15 is 0 Å². The number of carbonyl (C=O) groups is 1. The summed E-state index contributed by atoms with van der Waals surface area (Å²) in [5.74, 6) is 1.00. The molecule has 0 saturated carbocycles. The van der Waals surface area contributed by atoms with E-state index in [0.717, 1.165) is 37.5 Å². The minimum atomic E-state index is 0.180. The molecule has 0 N–H and O–H groups in total. The zero-order chi connectivity index (χ0) is 18.6. The lowest BCUT2D eigenvalue weighted by atomic mass is 10.1. The van der Waals surface area contributed by atoms with Crippen LogP contribution in [0.3, 0.4) is 0 Å². The number of methoxy groups -OCH3 is 1. The summed E-state index contributed by atoms with van der Waals surface area (Å²) in [6.07, 6.45) is 0.964. The van der Waals surface area contributed by atoms with Gasteiger partial charge in [-0.15, -0.1) is 22.7 Å². The molecule has 0 unspecified atom stereocenters. The van der Waals surface area contributed by atoms with Crippen LogP contribution in [-0.2, 0) is 24.3 Å². The van der Waals surface area contributed by atoms with Crippen molar-refractivity contribution >= 4 is 34.3 Å². The highest BCUT2D eigenvalue weighted by molar-refractivity contribution is 7.10. The monoisotopic (exact) mass is 398 g/mol. The van der Waals surface area contributed by atoms with Gasteiger partial charge in [0.1, 0.15) is 5.75 Å². The molecule has 3 heterocycles. The third-order valence-corrected chi connectivity index (χ3v) is 6.74. The van der Waals surface area contributed by atoms with E-state index in [9.17, 15) is 4.79 Å². The topological polar surface area (TPSA) is 32.8 Å². The average molecular weight is 399 g/mol. The Morgan fingerprint density at radius 1 is 1.15 bits per heavy atom. The number of fused-ring (bicyclic) bond motifs is 1. The summed E-state index contributed by atoms with van der Waals surface area (Å²) in [4.78, 5) is 19.8. The number of nitrogens with zero attached hydrogens (tertiary/aromatic N) is 2. The van der Waals surface area contributed by atoms with Crippen molar-refractivity contribution in [1.29, 1.82) is 0 Å². The summed E-state index contributed by atoms with van der Waals surface area (Å²) in [5, 5.41) is 4.20. The highest BCUT2D eigenvalue weighted by Crippen LogP contribution is 2.26. The number of thiophene rings is 2. The molecule has 4 rings (SSSR count). The number of amides is 1. The van der Waals surface area contributed by atoms with Crippen molar-refractivity contribution < 1.29 is 9.53 Å². The van der Waals surface area contributed by atoms with E-state index in [1.54, 1.807) is 29.8 Å². The molecule has 0 saturated heterocycles. The van der Waals surface area contributed by atoms with Crippen molar-refractivity contribution in [3.63, 3.8) is 0 Å². The maximum absolute atomic E-state index is 13.0. The first-order valence-corrected chi connectivity index (χ1v) is 10.7. The van der Waals surface area contributed by atoms with Gasteiger partial charge in [-0.2, -0.15) is 0 Å². The molecule has 27 heavy (non-hydrogen) atoms. The van der Waals surface area contributed by atoms with E-state index in [2.05, 4.69) is 33.9 Å². The van der Waals surface area contributed by atoms with Crippen LogP contribution < -0.4 is 9.64 Å². The first kappa shape index (κ1) is 18.1. The largest absolute Gasteiger partial charge is 0.497 e. The van der Waals surface area contributed by atoms with Gasteiger partial charge in [0, 0.05) is 28.5 Å². The normalized spacial score (nSPS) is 13.3. The molecule has 0 spiro atoms. The van der Waals surface area contributed by atoms with Crippen LogP contribution in [0.2, 0.25) is 0 Å². The predicted octanol–water partition coefficient (Wildman–Crippen LogP) is 4.41. The Morgan fingerprint density at radius 3 is 2.74 bits per heavy atom. The van der Waals surface area contributed by atoms with Crippen LogP contribution in [-0.4, -0.2) is 31.0 Å². The highest BCUT2D eigenvalue weighted by atomic mass is 32.1. The van der Waals surface area contributed by atoms with Crippen molar-refractivity contribution in [3.8, 4) is 5.75 Å². The molecule has 6 heteroatoms. The second kappa shape index (κ2) is 8.15. The number of hydrogen-bond acceptors (Lipinski definition) is 5. The standard InChI is InChI=1S/C21H22N2O2S2/c1-25-18-6-4-17(5-7-18)23(14-19-3-2-11-26-19)15-21(24)22-10-8-20-16(13-22)9-12-27-20/h2-7,9,11-12H,8,10,13-15H2,1H3. The minimum absolute atomic E-state index is 0.180. The van der Waals surface area contributed by atoms with Gasteiger partial charge in [-0.05, 0) is 59.1 Å². The second-order valence-electron chi connectivity index (χ2n) is 6.57. The molecule has 1 amide bonds. The van der Waals surface area contributed by atoms with E-state index in [0.29, 0.717) is 6.54 Å². The quantitative estimate of drug-likeness (QED) is 0.617. The molecule has 140 valence electrons. The van der Waals surface area contributed by atoms with Crippen molar-refractivity contribution in [2.45, 2.75) is 19.5 Å². The van der Waals surface area contributed by atoms with Gasteiger partial charge in [0.15, 0.2) is 0 Å². The maximum atomic E-state index is 13.0. The first-order valence-electron chi connectivity index (χ1n) is 8.97. The molecule has 0 aliphatic carbocycles. The Labute approximate surface area is 167 Å². The van der Waals surface area contributed by atoms with Gasteiger partial charge in [0.05, 0.1) is 20.2 Å². The third-order valence-electron chi connectivity index (χ3n) is 4.85. The second-order valence-corrected chi connectivity index (χ2v) is 8.60. The molecule has 0 atom stereocenters. The zero-order valence-electron chi connectivity index (χ0n) is 15.3.